The Kier molecular flexibility index (Phi) is 7.65. The Morgan fingerprint density at radius 2 is 1.91 bits per heavy atom. The average Bonchev–Trinajstić information content (AvgIpc) is 3.10. The summed E-state index contributed by atoms with van der Waals surface area (Å²) in [4.78, 5) is 6.45. The standard InChI is InChI=1S/C26H33N3O4/c1-21-5-3-7-24(15-21)33-20-26(30)18-28(11-13-31-19-26)17-23-6-4-8-25(16-23)32-14-12-29-10-9-27-22(29)2/h3-10,15-16,30H,11-14,17-20H2,1-2H3/t26-/m0/s1. The fourth-order valence-corrected chi connectivity index (χ4v) is 4.04. The third kappa shape index (κ3) is 6.81. The highest BCUT2D eigenvalue weighted by molar-refractivity contribution is 5.29. The van der Waals surface area contributed by atoms with E-state index in [-0.39, 0.29) is 13.2 Å². The number of hydrogen-bond donors (Lipinski definition) is 1. The predicted octanol–water partition coefficient (Wildman–Crippen LogP) is 3.22. The molecular weight excluding hydrogens is 418 g/mol. The topological polar surface area (TPSA) is 69.0 Å². The van der Waals surface area contributed by atoms with Crippen LogP contribution in [0.5, 0.6) is 11.5 Å². The Morgan fingerprint density at radius 1 is 1.09 bits per heavy atom. The van der Waals surface area contributed by atoms with Gasteiger partial charge in [-0.15, -0.1) is 0 Å². The molecule has 1 saturated heterocycles. The first-order valence-electron chi connectivity index (χ1n) is 11.4. The molecule has 1 fully saturated rings. The van der Waals surface area contributed by atoms with E-state index in [1.54, 1.807) is 6.20 Å². The van der Waals surface area contributed by atoms with Crippen LogP contribution in [0.25, 0.3) is 0 Å². The first-order valence-corrected chi connectivity index (χ1v) is 11.4. The van der Waals surface area contributed by atoms with Crippen LogP contribution < -0.4 is 9.47 Å². The third-order valence-electron chi connectivity index (χ3n) is 5.77. The zero-order valence-electron chi connectivity index (χ0n) is 19.4. The van der Waals surface area contributed by atoms with E-state index in [0.717, 1.165) is 41.5 Å². The highest BCUT2D eigenvalue weighted by atomic mass is 16.5. The largest absolute Gasteiger partial charge is 0.492 e. The smallest absolute Gasteiger partial charge is 0.134 e. The van der Waals surface area contributed by atoms with E-state index >= 15 is 0 Å². The monoisotopic (exact) mass is 451 g/mol. The number of hydrogen-bond acceptors (Lipinski definition) is 6. The molecule has 0 bridgehead atoms. The molecule has 1 aliphatic rings. The van der Waals surface area contributed by atoms with E-state index in [2.05, 4.69) is 26.6 Å². The Balaban J connectivity index is 1.32. The van der Waals surface area contributed by atoms with Crippen molar-refractivity contribution in [1.82, 2.24) is 14.5 Å². The van der Waals surface area contributed by atoms with Gasteiger partial charge >= 0.3 is 0 Å². The third-order valence-corrected chi connectivity index (χ3v) is 5.77. The van der Waals surface area contributed by atoms with Crippen molar-refractivity contribution in [1.29, 1.82) is 0 Å². The van der Waals surface area contributed by atoms with Gasteiger partial charge in [0.15, 0.2) is 0 Å². The number of aromatic nitrogens is 2. The lowest BCUT2D eigenvalue weighted by Crippen LogP contribution is -2.48. The van der Waals surface area contributed by atoms with Crippen LogP contribution in [0.15, 0.2) is 60.9 Å². The molecule has 0 amide bonds. The summed E-state index contributed by atoms with van der Waals surface area (Å²) in [5, 5.41) is 11.2. The number of nitrogens with zero attached hydrogens (tertiary/aromatic N) is 3. The van der Waals surface area contributed by atoms with E-state index < -0.39 is 5.60 Å². The van der Waals surface area contributed by atoms with Crippen LogP contribution in [0.2, 0.25) is 0 Å². The average molecular weight is 452 g/mol. The van der Waals surface area contributed by atoms with Crippen LogP contribution in [0.4, 0.5) is 0 Å². The Morgan fingerprint density at radius 3 is 2.70 bits per heavy atom. The molecule has 0 radical (unpaired) electrons. The van der Waals surface area contributed by atoms with Gasteiger partial charge < -0.3 is 23.9 Å². The molecule has 1 atom stereocenters. The van der Waals surface area contributed by atoms with Crippen molar-refractivity contribution in [3.8, 4) is 11.5 Å². The van der Waals surface area contributed by atoms with Crippen molar-refractivity contribution in [2.75, 3.05) is 39.5 Å². The highest BCUT2D eigenvalue weighted by Gasteiger charge is 2.33. The Labute approximate surface area is 195 Å². The maximum Gasteiger partial charge on any atom is 0.134 e. The SMILES string of the molecule is Cc1cccc(OC[C@@]2(O)COCCN(Cc3cccc(OCCn4ccnc4C)c3)C2)c1. The number of aryl methyl sites for hydroxylation is 2. The minimum Gasteiger partial charge on any atom is -0.492 e. The molecule has 1 N–H and O–H groups in total. The second kappa shape index (κ2) is 10.8. The van der Waals surface area contributed by atoms with Gasteiger partial charge in [-0.3, -0.25) is 4.90 Å². The summed E-state index contributed by atoms with van der Waals surface area (Å²) in [5.41, 5.74) is 1.19. The van der Waals surface area contributed by atoms with Crippen LogP contribution in [0.3, 0.4) is 0 Å². The van der Waals surface area contributed by atoms with Crippen molar-refractivity contribution < 1.29 is 19.3 Å². The van der Waals surface area contributed by atoms with Crippen LogP contribution in [-0.4, -0.2) is 64.7 Å². The molecule has 7 nitrogen and oxygen atoms in total. The van der Waals surface area contributed by atoms with Gasteiger partial charge in [-0.1, -0.05) is 24.3 Å². The second-order valence-corrected chi connectivity index (χ2v) is 8.76. The fraction of sp³-hybridized carbons (Fsp3) is 0.423. The fourth-order valence-electron chi connectivity index (χ4n) is 4.04. The quantitative estimate of drug-likeness (QED) is 0.539. The number of ether oxygens (including phenoxy) is 3. The summed E-state index contributed by atoms with van der Waals surface area (Å²) in [6, 6.07) is 16.0. The number of rotatable bonds is 9. The van der Waals surface area contributed by atoms with Gasteiger partial charge in [0.2, 0.25) is 0 Å². The molecular formula is C26H33N3O4. The van der Waals surface area contributed by atoms with Gasteiger partial charge in [0.1, 0.15) is 36.1 Å². The zero-order valence-corrected chi connectivity index (χ0v) is 19.4. The van der Waals surface area contributed by atoms with E-state index in [9.17, 15) is 5.11 Å². The second-order valence-electron chi connectivity index (χ2n) is 8.76. The normalized spacial score (nSPS) is 19.2. The number of β-amino-alcohol motifs (C(OH)–C–C–N with tert-alkyl or cyclic N) is 1. The van der Waals surface area contributed by atoms with Gasteiger partial charge in [0.25, 0.3) is 0 Å². The lowest BCUT2D eigenvalue weighted by molar-refractivity contribution is -0.0646. The van der Waals surface area contributed by atoms with Gasteiger partial charge in [-0.25, -0.2) is 4.98 Å². The molecule has 176 valence electrons. The first-order chi connectivity index (χ1) is 16.0. The zero-order chi connectivity index (χ0) is 23.1. The molecule has 0 spiro atoms. The summed E-state index contributed by atoms with van der Waals surface area (Å²) in [6.07, 6.45) is 3.76. The van der Waals surface area contributed by atoms with Gasteiger partial charge in [-0.05, 0) is 49.2 Å². The van der Waals surface area contributed by atoms with Gasteiger partial charge in [0.05, 0.1) is 19.8 Å². The molecule has 33 heavy (non-hydrogen) atoms. The summed E-state index contributed by atoms with van der Waals surface area (Å²) in [5.74, 6) is 2.58. The number of aliphatic hydroxyl groups is 1. The van der Waals surface area contributed by atoms with Crippen LogP contribution >= 0.6 is 0 Å². The number of imidazole rings is 1. The van der Waals surface area contributed by atoms with E-state index in [4.69, 9.17) is 14.2 Å². The van der Waals surface area contributed by atoms with Crippen LogP contribution in [0, 0.1) is 13.8 Å². The lowest BCUT2D eigenvalue weighted by Gasteiger charge is -2.30. The number of benzene rings is 2. The first kappa shape index (κ1) is 23.3. The summed E-state index contributed by atoms with van der Waals surface area (Å²) in [6.45, 7) is 8.29. The molecule has 7 heteroatoms. The minimum atomic E-state index is -1.07. The van der Waals surface area contributed by atoms with Gasteiger partial charge in [-0.2, -0.15) is 0 Å². The highest BCUT2D eigenvalue weighted by Crippen LogP contribution is 2.20. The van der Waals surface area contributed by atoms with Crippen LogP contribution in [-0.2, 0) is 17.8 Å². The van der Waals surface area contributed by atoms with E-state index in [0.29, 0.717) is 26.3 Å². The Hall–Kier alpha value is -2.87. The molecule has 2 aromatic carbocycles. The summed E-state index contributed by atoms with van der Waals surface area (Å²) >= 11 is 0. The maximum atomic E-state index is 11.2. The molecule has 1 aliphatic heterocycles. The predicted molar refractivity (Wildman–Crippen MR) is 127 cm³/mol. The van der Waals surface area contributed by atoms with Crippen molar-refractivity contribution >= 4 is 0 Å². The van der Waals surface area contributed by atoms with Crippen molar-refractivity contribution in [2.45, 2.75) is 32.5 Å². The molecule has 0 saturated carbocycles. The molecule has 0 unspecified atom stereocenters. The van der Waals surface area contributed by atoms with Crippen molar-refractivity contribution in [3.05, 3.63) is 77.9 Å². The van der Waals surface area contributed by atoms with Crippen molar-refractivity contribution in [2.24, 2.45) is 0 Å². The van der Waals surface area contributed by atoms with E-state index in [1.807, 2.05) is 56.4 Å². The minimum absolute atomic E-state index is 0.184. The maximum absolute atomic E-state index is 11.2. The molecule has 0 aliphatic carbocycles. The molecule has 4 rings (SSSR count). The Bertz CT molecular complexity index is 1040. The van der Waals surface area contributed by atoms with Gasteiger partial charge in [0, 0.05) is 32.0 Å². The summed E-state index contributed by atoms with van der Waals surface area (Å²) < 4.78 is 19.6. The summed E-state index contributed by atoms with van der Waals surface area (Å²) in [7, 11) is 0. The van der Waals surface area contributed by atoms with Crippen molar-refractivity contribution in [3.63, 3.8) is 0 Å². The molecule has 3 aromatic rings. The van der Waals surface area contributed by atoms with E-state index in [1.165, 1.54) is 0 Å². The molecule has 1 aromatic heterocycles. The lowest BCUT2D eigenvalue weighted by atomic mass is 10.1. The molecule has 2 heterocycles. The van der Waals surface area contributed by atoms with Crippen LogP contribution in [0.1, 0.15) is 17.0 Å².